The molecular formula is C22H32N4OS. The lowest BCUT2D eigenvalue weighted by atomic mass is 10.0. The second kappa shape index (κ2) is 9.94. The van der Waals surface area contributed by atoms with Gasteiger partial charge >= 0.3 is 0 Å². The van der Waals surface area contributed by atoms with E-state index in [2.05, 4.69) is 58.6 Å². The molecule has 2 N–H and O–H groups in total. The number of nitrogens with one attached hydrogen (secondary N) is 2. The minimum atomic E-state index is 0.499. The van der Waals surface area contributed by atoms with E-state index in [9.17, 15) is 0 Å². The number of nitrogens with zero attached hydrogens (tertiary/aromatic N) is 2. The zero-order chi connectivity index (χ0) is 19.9. The van der Waals surface area contributed by atoms with Crippen LogP contribution in [0.5, 0.6) is 5.75 Å². The Kier molecular flexibility index (Phi) is 7.34. The number of rotatable bonds is 6. The Hall–Kier alpha value is -2.05. The molecule has 152 valence electrons. The maximum Gasteiger partial charge on any atom is 0.191 e. The lowest BCUT2D eigenvalue weighted by Crippen LogP contribution is -2.49. The number of ether oxygens (including phenoxy) is 1. The molecule has 2 aromatic rings. The van der Waals surface area contributed by atoms with Crippen molar-refractivity contribution in [2.45, 2.75) is 45.3 Å². The van der Waals surface area contributed by atoms with Gasteiger partial charge in [0.15, 0.2) is 5.96 Å². The molecule has 28 heavy (non-hydrogen) atoms. The van der Waals surface area contributed by atoms with Gasteiger partial charge in [0.2, 0.25) is 0 Å². The molecular weight excluding hydrogens is 368 g/mol. The number of guanidine groups is 1. The van der Waals surface area contributed by atoms with Gasteiger partial charge in [-0.2, -0.15) is 0 Å². The molecule has 0 saturated carbocycles. The van der Waals surface area contributed by atoms with Crippen LogP contribution in [0.15, 0.2) is 41.4 Å². The molecule has 3 rings (SSSR count). The molecule has 1 aromatic heterocycles. The van der Waals surface area contributed by atoms with Crippen LogP contribution < -0.4 is 15.4 Å². The first-order valence-electron chi connectivity index (χ1n) is 10.0. The summed E-state index contributed by atoms with van der Waals surface area (Å²) < 4.78 is 5.24. The number of hydrogen-bond acceptors (Lipinski definition) is 4. The fourth-order valence-electron chi connectivity index (χ4n) is 3.50. The van der Waals surface area contributed by atoms with Crippen LogP contribution in [0.25, 0.3) is 10.4 Å². The minimum Gasteiger partial charge on any atom is -0.497 e. The maximum atomic E-state index is 5.24. The van der Waals surface area contributed by atoms with E-state index in [1.54, 1.807) is 7.11 Å². The molecule has 0 aliphatic carbocycles. The monoisotopic (exact) mass is 400 g/mol. The number of likely N-dealkylation sites (tertiary alicyclic amines) is 1. The van der Waals surface area contributed by atoms with E-state index in [1.165, 1.54) is 28.2 Å². The Balaban J connectivity index is 1.49. The second-order valence-corrected chi connectivity index (χ2v) is 8.64. The molecule has 2 heterocycles. The zero-order valence-corrected chi connectivity index (χ0v) is 18.2. The molecule has 1 aliphatic heterocycles. The third-order valence-corrected chi connectivity index (χ3v) is 6.42. The van der Waals surface area contributed by atoms with Crippen molar-refractivity contribution in [3.63, 3.8) is 0 Å². The van der Waals surface area contributed by atoms with Gasteiger partial charge < -0.3 is 20.3 Å². The molecule has 0 bridgehead atoms. The number of aliphatic imine (C=N–C) groups is 1. The predicted octanol–water partition coefficient (Wildman–Crippen LogP) is 3.96. The van der Waals surface area contributed by atoms with Crippen molar-refractivity contribution in [1.29, 1.82) is 0 Å². The van der Waals surface area contributed by atoms with Gasteiger partial charge in [-0.15, -0.1) is 11.3 Å². The van der Waals surface area contributed by atoms with Crippen LogP contribution in [-0.4, -0.2) is 50.2 Å². The lowest BCUT2D eigenvalue weighted by Gasteiger charge is -2.35. The largest absolute Gasteiger partial charge is 0.497 e. The number of thiophene rings is 1. The van der Waals surface area contributed by atoms with E-state index in [0.29, 0.717) is 12.1 Å². The van der Waals surface area contributed by atoms with Crippen molar-refractivity contribution in [3.05, 3.63) is 41.3 Å². The summed E-state index contributed by atoms with van der Waals surface area (Å²) in [5.41, 5.74) is 1.22. The van der Waals surface area contributed by atoms with Crippen LogP contribution in [0.4, 0.5) is 0 Å². The van der Waals surface area contributed by atoms with Crippen molar-refractivity contribution >= 4 is 17.3 Å². The maximum absolute atomic E-state index is 5.24. The Morgan fingerprint density at radius 3 is 2.50 bits per heavy atom. The molecule has 0 unspecified atom stereocenters. The summed E-state index contributed by atoms with van der Waals surface area (Å²) in [4.78, 5) is 9.51. The number of piperidine rings is 1. The van der Waals surface area contributed by atoms with Crippen molar-refractivity contribution in [1.82, 2.24) is 15.5 Å². The van der Waals surface area contributed by atoms with E-state index >= 15 is 0 Å². The molecule has 1 fully saturated rings. The topological polar surface area (TPSA) is 48.9 Å². The Morgan fingerprint density at radius 2 is 1.89 bits per heavy atom. The van der Waals surface area contributed by atoms with Crippen LogP contribution in [-0.2, 0) is 6.54 Å². The quantitative estimate of drug-likeness (QED) is 0.569. The molecule has 1 saturated heterocycles. The van der Waals surface area contributed by atoms with Crippen molar-refractivity contribution in [2.24, 2.45) is 4.99 Å². The fraction of sp³-hybridized carbons (Fsp3) is 0.500. The Labute approximate surface area is 172 Å². The molecule has 6 heteroatoms. The molecule has 0 spiro atoms. The van der Waals surface area contributed by atoms with Gasteiger partial charge in [0.05, 0.1) is 13.7 Å². The minimum absolute atomic E-state index is 0.499. The highest BCUT2D eigenvalue weighted by Gasteiger charge is 2.21. The molecule has 0 radical (unpaired) electrons. The van der Waals surface area contributed by atoms with Gasteiger partial charge in [-0.25, -0.2) is 0 Å². The standard InChI is InChI=1S/C22H32N4OS/c1-16(2)26-13-11-18(12-14-26)25-22(23-3)24-15-20-9-10-21(28-20)17-5-7-19(27-4)8-6-17/h5-10,16,18H,11-15H2,1-4H3,(H2,23,24,25). The second-order valence-electron chi connectivity index (χ2n) is 7.47. The average Bonchev–Trinajstić information content (AvgIpc) is 3.20. The summed E-state index contributed by atoms with van der Waals surface area (Å²) >= 11 is 1.81. The molecule has 1 aromatic carbocycles. The third kappa shape index (κ3) is 5.49. The Morgan fingerprint density at radius 1 is 1.18 bits per heavy atom. The van der Waals surface area contributed by atoms with Crippen LogP contribution >= 0.6 is 11.3 Å². The van der Waals surface area contributed by atoms with Crippen LogP contribution in [0.1, 0.15) is 31.6 Å². The van der Waals surface area contributed by atoms with Gasteiger partial charge in [0.1, 0.15) is 5.75 Å². The van der Waals surface area contributed by atoms with Crippen LogP contribution in [0.2, 0.25) is 0 Å². The highest BCUT2D eigenvalue weighted by Crippen LogP contribution is 2.29. The number of benzene rings is 1. The van der Waals surface area contributed by atoms with E-state index < -0.39 is 0 Å². The van der Waals surface area contributed by atoms with Crippen LogP contribution in [0, 0.1) is 0 Å². The molecule has 1 aliphatic rings. The first-order valence-corrected chi connectivity index (χ1v) is 10.8. The Bertz CT molecular complexity index is 761. The van der Waals surface area contributed by atoms with Crippen molar-refractivity contribution in [3.8, 4) is 16.2 Å². The van der Waals surface area contributed by atoms with E-state index in [4.69, 9.17) is 4.74 Å². The highest BCUT2D eigenvalue weighted by molar-refractivity contribution is 7.15. The third-order valence-electron chi connectivity index (χ3n) is 5.29. The molecule has 0 amide bonds. The summed E-state index contributed by atoms with van der Waals surface area (Å²) in [7, 11) is 3.54. The SMILES string of the molecule is CN=C(NCc1ccc(-c2ccc(OC)cc2)s1)NC1CCN(C(C)C)CC1. The number of hydrogen-bond donors (Lipinski definition) is 2. The fourth-order valence-corrected chi connectivity index (χ4v) is 4.46. The average molecular weight is 401 g/mol. The first-order chi connectivity index (χ1) is 13.6. The van der Waals surface area contributed by atoms with Crippen LogP contribution in [0.3, 0.4) is 0 Å². The van der Waals surface area contributed by atoms with E-state index in [0.717, 1.165) is 31.3 Å². The summed E-state index contributed by atoms with van der Waals surface area (Å²) in [6.07, 6.45) is 2.33. The molecule has 5 nitrogen and oxygen atoms in total. The van der Waals surface area contributed by atoms with Gasteiger partial charge in [-0.3, -0.25) is 4.99 Å². The first kappa shape index (κ1) is 20.7. The van der Waals surface area contributed by atoms with Crippen molar-refractivity contribution in [2.75, 3.05) is 27.2 Å². The highest BCUT2D eigenvalue weighted by atomic mass is 32.1. The summed E-state index contributed by atoms with van der Waals surface area (Å²) in [5, 5.41) is 7.06. The van der Waals surface area contributed by atoms with Gasteiger partial charge in [-0.05, 0) is 68.7 Å². The normalized spacial score (nSPS) is 16.4. The lowest BCUT2D eigenvalue weighted by molar-refractivity contribution is 0.167. The van der Waals surface area contributed by atoms with E-state index in [-0.39, 0.29) is 0 Å². The zero-order valence-electron chi connectivity index (χ0n) is 17.4. The summed E-state index contributed by atoms with van der Waals surface area (Å²) in [5.74, 6) is 1.78. The predicted molar refractivity (Wildman–Crippen MR) is 119 cm³/mol. The summed E-state index contributed by atoms with van der Waals surface area (Å²) in [6, 6.07) is 13.7. The smallest absolute Gasteiger partial charge is 0.191 e. The van der Waals surface area contributed by atoms with Crippen molar-refractivity contribution < 1.29 is 4.74 Å². The van der Waals surface area contributed by atoms with Gasteiger partial charge in [-0.1, -0.05) is 0 Å². The molecule has 0 atom stereocenters. The van der Waals surface area contributed by atoms with Gasteiger partial charge in [0, 0.05) is 42.0 Å². The number of methoxy groups -OCH3 is 1. The van der Waals surface area contributed by atoms with E-state index in [1.807, 2.05) is 30.5 Å². The van der Waals surface area contributed by atoms with Gasteiger partial charge in [0.25, 0.3) is 0 Å². The summed E-state index contributed by atoms with van der Waals surface area (Å²) in [6.45, 7) is 7.64.